The van der Waals surface area contributed by atoms with Gasteiger partial charge in [0.15, 0.2) is 0 Å². The van der Waals surface area contributed by atoms with Crippen molar-refractivity contribution in [2.24, 2.45) is 0 Å². The van der Waals surface area contributed by atoms with Gasteiger partial charge in [0.25, 0.3) is 5.91 Å². The minimum Gasteiger partial charge on any atom is -0.397 e. The molecule has 0 bridgehead atoms. The van der Waals surface area contributed by atoms with Gasteiger partial charge in [0.2, 0.25) is 0 Å². The average Bonchev–Trinajstić information content (AvgIpc) is 2.34. The minimum absolute atomic E-state index is 0.190. The first-order valence-electron chi connectivity index (χ1n) is 5.60. The van der Waals surface area contributed by atoms with Crippen LogP contribution in [0.15, 0.2) is 45.3 Å². The number of carbonyl (C=O) groups excluding carboxylic acids is 1. The van der Waals surface area contributed by atoms with E-state index in [1.54, 1.807) is 12.1 Å². The fourth-order valence-corrected chi connectivity index (χ4v) is 2.82. The first kappa shape index (κ1) is 14.1. The molecule has 2 aromatic carbocycles. The number of nitrogens with one attached hydrogen (secondary N) is 1. The van der Waals surface area contributed by atoms with Crippen LogP contribution in [0.5, 0.6) is 0 Å². The van der Waals surface area contributed by atoms with E-state index in [1.807, 2.05) is 31.2 Å². The van der Waals surface area contributed by atoms with Crippen LogP contribution >= 0.6 is 31.9 Å². The van der Waals surface area contributed by atoms with Crippen LogP contribution in [-0.2, 0) is 0 Å². The highest BCUT2D eigenvalue weighted by Crippen LogP contribution is 2.28. The number of hydrogen-bond acceptors (Lipinski definition) is 2. The van der Waals surface area contributed by atoms with Gasteiger partial charge in [-0.1, -0.05) is 28.1 Å². The summed E-state index contributed by atoms with van der Waals surface area (Å²) < 4.78 is 1.64. The zero-order valence-electron chi connectivity index (χ0n) is 10.2. The van der Waals surface area contributed by atoms with Crippen molar-refractivity contribution in [1.29, 1.82) is 0 Å². The second kappa shape index (κ2) is 5.75. The third-order valence-corrected chi connectivity index (χ3v) is 3.84. The molecular formula is C14H12Br2N2O. The lowest BCUT2D eigenvalue weighted by Crippen LogP contribution is -2.14. The number of rotatable bonds is 2. The molecule has 0 radical (unpaired) electrons. The molecule has 0 aliphatic heterocycles. The van der Waals surface area contributed by atoms with Crippen LogP contribution in [0.25, 0.3) is 0 Å². The molecule has 98 valence electrons. The molecule has 0 saturated heterocycles. The summed E-state index contributed by atoms with van der Waals surface area (Å²) in [7, 11) is 0. The van der Waals surface area contributed by atoms with Gasteiger partial charge in [0.1, 0.15) is 0 Å². The predicted octanol–water partition coefficient (Wildman–Crippen LogP) is 4.35. The lowest BCUT2D eigenvalue weighted by molar-refractivity contribution is 0.102. The number of nitrogen functional groups attached to an aromatic ring is 1. The number of hydrogen-bond donors (Lipinski definition) is 2. The lowest BCUT2D eigenvalue weighted by atomic mass is 10.1. The van der Waals surface area contributed by atoms with Crippen molar-refractivity contribution in [3.63, 3.8) is 0 Å². The second-order valence-electron chi connectivity index (χ2n) is 4.12. The van der Waals surface area contributed by atoms with Crippen LogP contribution in [0.4, 0.5) is 11.4 Å². The zero-order valence-corrected chi connectivity index (χ0v) is 13.4. The van der Waals surface area contributed by atoms with Crippen molar-refractivity contribution in [1.82, 2.24) is 0 Å². The molecule has 0 aliphatic carbocycles. The fraction of sp³-hybridized carbons (Fsp3) is 0.0714. The Labute approximate surface area is 128 Å². The molecule has 2 rings (SSSR count). The Hall–Kier alpha value is -1.33. The number of amides is 1. The smallest absolute Gasteiger partial charge is 0.256 e. The van der Waals surface area contributed by atoms with E-state index >= 15 is 0 Å². The van der Waals surface area contributed by atoms with E-state index in [0.29, 0.717) is 16.9 Å². The number of anilines is 2. The Kier molecular flexibility index (Phi) is 4.27. The van der Waals surface area contributed by atoms with E-state index in [2.05, 4.69) is 37.2 Å². The number of nitrogens with two attached hydrogens (primary N) is 1. The molecule has 0 unspecified atom stereocenters. The third-order valence-electron chi connectivity index (χ3n) is 2.69. The third kappa shape index (κ3) is 3.16. The van der Waals surface area contributed by atoms with Crippen LogP contribution < -0.4 is 11.1 Å². The molecule has 19 heavy (non-hydrogen) atoms. The summed E-state index contributed by atoms with van der Waals surface area (Å²) in [6, 6.07) is 10.9. The SMILES string of the molecule is Cc1cc(Br)cc(N)c1NC(=O)c1ccccc1Br. The maximum absolute atomic E-state index is 12.2. The second-order valence-corrected chi connectivity index (χ2v) is 5.89. The van der Waals surface area contributed by atoms with E-state index in [4.69, 9.17) is 5.73 Å². The zero-order chi connectivity index (χ0) is 14.0. The van der Waals surface area contributed by atoms with Crippen molar-refractivity contribution < 1.29 is 4.79 Å². The molecule has 1 amide bonds. The fourth-order valence-electron chi connectivity index (χ4n) is 1.77. The molecule has 0 atom stereocenters. The standard InChI is InChI=1S/C14H12Br2N2O/c1-8-6-9(15)7-12(17)13(8)18-14(19)10-4-2-3-5-11(10)16/h2-7H,17H2,1H3,(H,18,19). The highest BCUT2D eigenvalue weighted by atomic mass is 79.9. The summed E-state index contributed by atoms with van der Waals surface area (Å²) in [6.45, 7) is 1.90. The van der Waals surface area contributed by atoms with Crippen LogP contribution in [-0.4, -0.2) is 5.91 Å². The Morgan fingerprint density at radius 1 is 1.21 bits per heavy atom. The Morgan fingerprint density at radius 3 is 2.53 bits per heavy atom. The molecule has 0 aliphatic rings. The van der Waals surface area contributed by atoms with Gasteiger partial charge in [-0.05, 0) is 52.7 Å². The van der Waals surface area contributed by atoms with Gasteiger partial charge in [-0.2, -0.15) is 0 Å². The lowest BCUT2D eigenvalue weighted by Gasteiger charge is -2.12. The van der Waals surface area contributed by atoms with Gasteiger partial charge in [-0.15, -0.1) is 0 Å². The van der Waals surface area contributed by atoms with Gasteiger partial charge in [-0.3, -0.25) is 4.79 Å². The molecular weight excluding hydrogens is 372 g/mol. The van der Waals surface area contributed by atoms with Crippen LogP contribution in [0, 0.1) is 6.92 Å². The Morgan fingerprint density at radius 2 is 1.89 bits per heavy atom. The van der Waals surface area contributed by atoms with E-state index in [1.165, 1.54) is 0 Å². The predicted molar refractivity (Wildman–Crippen MR) is 85.4 cm³/mol. The summed E-state index contributed by atoms with van der Waals surface area (Å²) in [5.41, 5.74) is 8.59. The molecule has 3 N–H and O–H groups in total. The number of carbonyl (C=O) groups is 1. The highest BCUT2D eigenvalue weighted by molar-refractivity contribution is 9.10. The Bertz CT molecular complexity index is 618. The molecule has 2 aromatic rings. The molecule has 3 nitrogen and oxygen atoms in total. The van der Waals surface area contributed by atoms with E-state index < -0.39 is 0 Å². The topological polar surface area (TPSA) is 55.1 Å². The van der Waals surface area contributed by atoms with Gasteiger partial charge in [0.05, 0.1) is 16.9 Å². The summed E-state index contributed by atoms with van der Waals surface area (Å²) >= 11 is 6.73. The number of benzene rings is 2. The normalized spacial score (nSPS) is 10.3. The highest BCUT2D eigenvalue weighted by Gasteiger charge is 2.13. The Balaban J connectivity index is 2.32. The molecule has 0 aromatic heterocycles. The molecule has 0 spiro atoms. The first-order valence-corrected chi connectivity index (χ1v) is 7.19. The summed E-state index contributed by atoms with van der Waals surface area (Å²) in [6.07, 6.45) is 0. The number of halogens is 2. The first-order chi connectivity index (χ1) is 8.99. The summed E-state index contributed by atoms with van der Waals surface area (Å²) in [5, 5.41) is 2.85. The minimum atomic E-state index is -0.190. The van der Waals surface area contributed by atoms with Gasteiger partial charge in [0, 0.05) is 8.95 Å². The van der Waals surface area contributed by atoms with E-state index in [-0.39, 0.29) is 5.91 Å². The summed E-state index contributed by atoms with van der Waals surface area (Å²) in [4.78, 5) is 12.2. The largest absolute Gasteiger partial charge is 0.397 e. The van der Waals surface area contributed by atoms with Crippen molar-refractivity contribution >= 4 is 49.1 Å². The van der Waals surface area contributed by atoms with Crippen LogP contribution in [0.1, 0.15) is 15.9 Å². The van der Waals surface area contributed by atoms with Crippen molar-refractivity contribution in [2.75, 3.05) is 11.1 Å². The monoisotopic (exact) mass is 382 g/mol. The molecule has 5 heteroatoms. The molecule has 0 heterocycles. The maximum atomic E-state index is 12.2. The van der Waals surface area contributed by atoms with Gasteiger partial charge in [-0.25, -0.2) is 0 Å². The summed E-state index contributed by atoms with van der Waals surface area (Å²) in [5.74, 6) is -0.190. The average molecular weight is 384 g/mol. The number of aryl methyl sites for hydroxylation is 1. The van der Waals surface area contributed by atoms with Crippen LogP contribution in [0.2, 0.25) is 0 Å². The quantitative estimate of drug-likeness (QED) is 0.757. The van der Waals surface area contributed by atoms with Crippen molar-refractivity contribution in [2.45, 2.75) is 6.92 Å². The molecule has 0 fully saturated rings. The van der Waals surface area contributed by atoms with E-state index in [0.717, 1.165) is 14.5 Å². The molecule has 0 saturated carbocycles. The van der Waals surface area contributed by atoms with Crippen molar-refractivity contribution in [3.8, 4) is 0 Å². The van der Waals surface area contributed by atoms with E-state index in [9.17, 15) is 4.79 Å². The maximum Gasteiger partial charge on any atom is 0.256 e. The van der Waals surface area contributed by atoms with Crippen molar-refractivity contribution in [3.05, 3.63) is 56.5 Å². The van der Waals surface area contributed by atoms with Gasteiger partial charge < -0.3 is 11.1 Å². The van der Waals surface area contributed by atoms with Crippen LogP contribution in [0.3, 0.4) is 0 Å². The van der Waals surface area contributed by atoms with Gasteiger partial charge >= 0.3 is 0 Å².